The number of rotatable bonds is 7. The number of likely N-dealkylation sites (tertiary alicyclic amines) is 1. The lowest BCUT2D eigenvalue weighted by atomic mass is 9.74. The van der Waals surface area contributed by atoms with Gasteiger partial charge in [0.05, 0.1) is 5.56 Å². The van der Waals surface area contributed by atoms with Gasteiger partial charge in [-0.2, -0.15) is 13.2 Å². The molecule has 2 aromatic heterocycles. The second kappa shape index (κ2) is 9.89. The van der Waals surface area contributed by atoms with Crippen molar-refractivity contribution in [3.8, 4) is 11.4 Å². The fraction of sp³-hybridized carbons (Fsp3) is 0.480. The Kier molecular flexibility index (Phi) is 7.24. The van der Waals surface area contributed by atoms with E-state index in [0.717, 1.165) is 53.6 Å². The number of pyridine rings is 1. The molecule has 10 heteroatoms. The molecule has 0 aliphatic carbocycles. The van der Waals surface area contributed by atoms with E-state index in [1.54, 1.807) is 18.0 Å². The minimum atomic E-state index is -4.55. The van der Waals surface area contributed by atoms with E-state index < -0.39 is 23.0 Å². The summed E-state index contributed by atoms with van der Waals surface area (Å²) < 4.78 is 55.5. The van der Waals surface area contributed by atoms with Crippen LogP contribution in [0.2, 0.25) is 0 Å². The lowest BCUT2D eigenvalue weighted by Gasteiger charge is -2.30. The molecule has 0 amide bonds. The smallest absolute Gasteiger partial charge is 0.305 e. The van der Waals surface area contributed by atoms with Gasteiger partial charge < -0.3 is 9.47 Å². The third kappa shape index (κ3) is 5.23. The summed E-state index contributed by atoms with van der Waals surface area (Å²) in [4.78, 5) is 6.59. The highest BCUT2D eigenvalue weighted by Gasteiger charge is 2.43. The number of aryl methyl sites for hydroxylation is 1. The van der Waals surface area contributed by atoms with Crippen LogP contribution < -0.4 is 0 Å². The Bertz CT molecular complexity index is 1190. The first-order valence-corrected chi connectivity index (χ1v) is 12.5. The van der Waals surface area contributed by atoms with Crippen LogP contribution in [0.1, 0.15) is 37.1 Å². The van der Waals surface area contributed by atoms with Gasteiger partial charge in [0.2, 0.25) is 0 Å². The van der Waals surface area contributed by atoms with Crippen molar-refractivity contribution in [1.82, 2.24) is 24.6 Å². The average Bonchev–Trinajstić information content (AvgIpc) is 3.30. The molecule has 1 saturated heterocycles. The molecule has 0 N–H and O–H groups in total. The molecule has 1 aliphatic rings. The molecule has 2 atom stereocenters. The lowest BCUT2D eigenvalue weighted by molar-refractivity contribution is -0.137. The predicted molar refractivity (Wildman–Crippen MR) is 129 cm³/mol. The van der Waals surface area contributed by atoms with Crippen LogP contribution in [0, 0.1) is 18.7 Å². The summed E-state index contributed by atoms with van der Waals surface area (Å²) in [5.74, 6) is 0.952. The molecule has 0 spiro atoms. The lowest BCUT2D eigenvalue weighted by Crippen LogP contribution is -2.32. The molecule has 0 radical (unpaired) electrons. The van der Waals surface area contributed by atoms with E-state index in [1.165, 1.54) is 6.07 Å². The van der Waals surface area contributed by atoms with E-state index in [-0.39, 0.29) is 5.92 Å². The molecule has 35 heavy (non-hydrogen) atoms. The fourth-order valence-corrected chi connectivity index (χ4v) is 5.63. The number of alkyl halides is 3. The van der Waals surface area contributed by atoms with Crippen LogP contribution in [-0.2, 0) is 18.6 Å². The first-order valence-electron chi connectivity index (χ1n) is 11.5. The molecule has 1 fully saturated rings. The number of aromatic nitrogens is 4. The van der Waals surface area contributed by atoms with Crippen LogP contribution in [0.4, 0.5) is 17.6 Å². The summed E-state index contributed by atoms with van der Waals surface area (Å²) in [6.45, 7) is 8.12. The van der Waals surface area contributed by atoms with Gasteiger partial charge in [0.15, 0.2) is 11.0 Å². The zero-order valence-electron chi connectivity index (χ0n) is 20.2. The van der Waals surface area contributed by atoms with Gasteiger partial charge in [0.25, 0.3) is 0 Å². The van der Waals surface area contributed by atoms with Gasteiger partial charge in [-0.25, -0.2) is 4.39 Å². The maximum absolute atomic E-state index is 14.7. The van der Waals surface area contributed by atoms with Crippen LogP contribution >= 0.6 is 11.8 Å². The first kappa shape index (κ1) is 25.6. The number of nitrogens with zero attached hydrogens (tertiary/aromatic N) is 5. The van der Waals surface area contributed by atoms with E-state index >= 15 is 0 Å². The second-order valence-electron chi connectivity index (χ2n) is 9.45. The molecule has 3 heterocycles. The van der Waals surface area contributed by atoms with E-state index in [1.807, 2.05) is 44.5 Å². The van der Waals surface area contributed by atoms with Gasteiger partial charge in [-0.15, -0.1) is 10.2 Å². The summed E-state index contributed by atoms with van der Waals surface area (Å²) in [5.41, 5.74) is 0.714. The Balaban J connectivity index is 1.34. The summed E-state index contributed by atoms with van der Waals surface area (Å²) >= 11 is 1.63. The van der Waals surface area contributed by atoms with Gasteiger partial charge in [-0.1, -0.05) is 31.7 Å². The third-order valence-corrected chi connectivity index (χ3v) is 8.12. The third-order valence-electron chi connectivity index (χ3n) is 7.02. The quantitative estimate of drug-likeness (QED) is 0.232. The largest absolute Gasteiger partial charge is 0.416 e. The molecule has 3 aromatic rings. The highest BCUT2D eigenvalue weighted by atomic mass is 32.2. The molecule has 0 saturated carbocycles. The van der Waals surface area contributed by atoms with Crippen molar-refractivity contribution < 1.29 is 17.6 Å². The molecule has 5 nitrogen and oxygen atoms in total. The van der Waals surface area contributed by atoms with Crippen LogP contribution in [0.15, 0.2) is 41.7 Å². The molecule has 1 aromatic carbocycles. The van der Waals surface area contributed by atoms with E-state index in [4.69, 9.17) is 0 Å². The fourth-order valence-electron chi connectivity index (χ4n) is 4.80. The van der Waals surface area contributed by atoms with Crippen molar-refractivity contribution in [3.05, 3.63) is 59.2 Å². The van der Waals surface area contributed by atoms with E-state index in [2.05, 4.69) is 20.1 Å². The Morgan fingerprint density at radius 3 is 2.66 bits per heavy atom. The van der Waals surface area contributed by atoms with Gasteiger partial charge in [-0.05, 0) is 55.6 Å². The number of halogens is 4. The number of hydrogen-bond acceptors (Lipinski definition) is 5. The maximum Gasteiger partial charge on any atom is 0.416 e. The van der Waals surface area contributed by atoms with E-state index in [9.17, 15) is 17.6 Å². The van der Waals surface area contributed by atoms with Crippen molar-refractivity contribution in [2.75, 3.05) is 25.4 Å². The molecule has 1 aliphatic heterocycles. The predicted octanol–water partition coefficient (Wildman–Crippen LogP) is 5.74. The molecule has 0 unspecified atom stereocenters. The van der Waals surface area contributed by atoms with Crippen LogP contribution in [0.5, 0.6) is 0 Å². The van der Waals surface area contributed by atoms with Crippen LogP contribution in [-0.4, -0.2) is 50.0 Å². The zero-order chi connectivity index (χ0) is 25.4. The molecule has 188 valence electrons. The second-order valence-corrected chi connectivity index (χ2v) is 10.5. The maximum atomic E-state index is 14.7. The van der Waals surface area contributed by atoms with Crippen molar-refractivity contribution >= 4 is 11.8 Å². The number of thioether (sulfide) groups is 1. The van der Waals surface area contributed by atoms with Crippen LogP contribution in [0.3, 0.4) is 0 Å². The monoisotopic (exact) mass is 507 g/mol. The molecular formula is C25H29F4N5S. The standard InChI is InChI=1S/C25H29F4N5S/c1-16-14-34(15-24(16,3)20-9-8-18(13-21(20)26)25(27,28)29)11-6-12-35-23-32-31-22(33(23)4)19-7-5-10-30-17(19)2/h5,7-10,13,16H,6,11-12,14-15H2,1-4H3/t16-,24-/m0/s1. The first-order chi connectivity index (χ1) is 16.5. The summed E-state index contributed by atoms with van der Waals surface area (Å²) in [5, 5.41) is 9.48. The minimum absolute atomic E-state index is 0.116. The summed E-state index contributed by atoms with van der Waals surface area (Å²) in [6.07, 6.45) is -1.90. The highest BCUT2D eigenvalue weighted by Crippen LogP contribution is 2.41. The van der Waals surface area contributed by atoms with Gasteiger partial charge >= 0.3 is 6.18 Å². The summed E-state index contributed by atoms with van der Waals surface area (Å²) in [7, 11) is 1.94. The normalized spacial score (nSPS) is 21.1. The Morgan fingerprint density at radius 1 is 1.20 bits per heavy atom. The Morgan fingerprint density at radius 2 is 1.97 bits per heavy atom. The van der Waals surface area contributed by atoms with E-state index in [0.29, 0.717) is 18.2 Å². The molecule has 0 bridgehead atoms. The Hall–Kier alpha value is -2.46. The highest BCUT2D eigenvalue weighted by molar-refractivity contribution is 7.99. The van der Waals surface area contributed by atoms with Crippen molar-refractivity contribution in [2.45, 2.75) is 43.9 Å². The zero-order valence-corrected chi connectivity index (χ0v) is 21.0. The number of hydrogen-bond donors (Lipinski definition) is 0. The minimum Gasteiger partial charge on any atom is -0.305 e. The Labute approximate surface area is 207 Å². The summed E-state index contributed by atoms with van der Waals surface area (Å²) in [6, 6.07) is 6.77. The number of benzene rings is 1. The topological polar surface area (TPSA) is 46.8 Å². The SMILES string of the molecule is Cc1ncccc1-c1nnc(SCCCN2C[C@H](C)[C@@](C)(c3ccc(C(F)(F)F)cc3F)C2)n1C. The molecule has 4 rings (SSSR count). The van der Waals surface area contributed by atoms with Crippen molar-refractivity contribution in [2.24, 2.45) is 13.0 Å². The van der Waals surface area contributed by atoms with Gasteiger partial charge in [0, 0.05) is 48.8 Å². The van der Waals surface area contributed by atoms with Gasteiger partial charge in [0.1, 0.15) is 5.82 Å². The van der Waals surface area contributed by atoms with Gasteiger partial charge in [-0.3, -0.25) is 4.98 Å². The average molecular weight is 508 g/mol. The van der Waals surface area contributed by atoms with Crippen molar-refractivity contribution in [1.29, 1.82) is 0 Å². The molecular weight excluding hydrogens is 478 g/mol. The van der Waals surface area contributed by atoms with Crippen molar-refractivity contribution in [3.63, 3.8) is 0 Å². The van der Waals surface area contributed by atoms with Crippen LogP contribution in [0.25, 0.3) is 11.4 Å².